The second-order valence-corrected chi connectivity index (χ2v) is 8.59. The Morgan fingerprint density at radius 2 is 1.97 bits per heavy atom. The van der Waals surface area contributed by atoms with E-state index in [0.717, 1.165) is 42.8 Å². The van der Waals surface area contributed by atoms with Gasteiger partial charge in [0.2, 0.25) is 5.88 Å². The van der Waals surface area contributed by atoms with Gasteiger partial charge in [-0.1, -0.05) is 36.3 Å². The Kier molecular flexibility index (Phi) is 6.62. The van der Waals surface area contributed by atoms with Gasteiger partial charge in [-0.2, -0.15) is 0 Å². The first-order chi connectivity index (χ1) is 15.1. The predicted octanol–water partition coefficient (Wildman–Crippen LogP) is 3.39. The van der Waals surface area contributed by atoms with Gasteiger partial charge in [-0.3, -0.25) is 4.90 Å². The van der Waals surface area contributed by atoms with E-state index in [1.54, 1.807) is 0 Å². The van der Waals surface area contributed by atoms with Gasteiger partial charge in [0.05, 0.1) is 11.8 Å². The Bertz CT molecular complexity index is 918. The SMILES string of the molecule is C#CC1N2CCC(CC2)C1(O)c1ccc(OCC(C)OCC)nc1Cc1ccccc1. The number of terminal acetylenes is 1. The molecule has 3 aliphatic rings. The number of fused-ring (bicyclic) bond motifs is 3. The largest absolute Gasteiger partial charge is 0.475 e. The summed E-state index contributed by atoms with van der Waals surface area (Å²) < 4.78 is 11.5. The first-order valence-corrected chi connectivity index (χ1v) is 11.3. The molecule has 3 saturated heterocycles. The van der Waals surface area contributed by atoms with E-state index < -0.39 is 5.60 Å². The van der Waals surface area contributed by atoms with Gasteiger partial charge in [0, 0.05) is 24.7 Å². The molecular weight excluding hydrogens is 388 g/mol. The fourth-order valence-electron chi connectivity index (χ4n) is 5.08. The highest BCUT2D eigenvalue weighted by Gasteiger charge is 2.54. The van der Waals surface area contributed by atoms with E-state index in [0.29, 0.717) is 25.5 Å². The predicted molar refractivity (Wildman–Crippen MR) is 121 cm³/mol. The summed E-state index contributed by atoms with van der Waals surface area (Å²) in [6.07, 6.45) is 8.43. The molecule has 164 valence electrons. The summed E-state index contributed by atoms with van der Waals surface area (Å²) in [4.78, 5) is 7.08. The lowest BCUT2D eigenvalue weighted by Gasteiger charge is -2.54. The van der Waals surface area contributed by atoms with Crippen LogP contribution in [-0.4, -0.2) is 53.4 Å². The van der Waals surface area contributed by atoms with Gasteiger partial charge in [-0.25, -0.2) is 4.98 Å². The number of benzene rings is 1. The van der Waals surface area contributed by atoms with Crippen molar-refractivity contribution in [2.24, 2.45) is 5.92 Å². The molecule has 3 aliphatic heterocycles. The van der Waals surface area contributed by atoms with Gasteiger partial charge in [-0.05, 0) is 57.3 Å². The van der Waals surface area contributed by atoms with Crippen LogP contribution in [0.15, 0.2) is 42.5 Å². The molecule has 3 atom stereocenters. The highest BCUT2D eigenvalue weighted by Crippen LogP contribution is 2.47. The Hall–Kier alpha value is -2.39. The number of aromatic nitrogens is 1. The van der Waals surface area contributed by atoms with Crippen LogP contribution in [0.3, 0.4) is 0 Å². The molecule has 3 unspecified atom stereocenters. The number of aliphatic hydroxyl groups is 1. The zero-order valence-electron chi connectivity index (χ0n) is 18.5. The van der Waals surface area contributed by atoms with Crippen molar-refractivity contribution in [3.8, 4) is 18.2 Å². The molecular formula is C26H32N2O3. The summed E-state index contributed by atoms with van der Waals surface area (Å²) in [6.45, 7) is 6.92. The number of rotatable bonds is 8. The Labute approximate surface area is 185 Å². The minimum atomic E-state index is -1.10. The first kappa shape index (κ1) is 21.8. The number of pyridine rings is 1. The van der Waals surface area contributed by atoms with Crippen LogP contribution < -0.4 is 4.74 Å². The van der Waals surface area contributed by atoms with Crippen LogP contribution >= 0.6 is 0 Å². The third-order valence-electron chi connectivity index (χ3n) is 6.60. The van der Waals surface area contributed by atoms with E-state index in [2.05, 4.69) is 23.0 Å². The topological polar surface area (TPSA) is 54.8 Å². The molecule has 1 aromatic heterocycles. The lowest BCUT2D eigenvalue weighted by molar-refractivity contribution is -0.143. The maximum atomic E-state index is 12.0. The average Bonchev–Trinajstić information content (AvgIpc) is 2.79. The summed E-state index contributed by atoms with van der Waals surface area (Å²) >= 11 is 0. The molecule has 31 heavy (non-hydrogen) atoms. The standard InChI is InChI=1S/C26H32N2O3/c1-4-24-26(29,21-13-15-28(24)16-14-21)22-11-12-25(31-18-19(3)30-5-2)27-23(22)17-20-9-7-6-8-10-20/h1,6-12,19,21,24,29H,5,13-18H2,2-3H3. The number of ether oxygens (including phenoxy) is 2. The third-order valence-corrected chi connectivity index (χ3v) is 6.60. The minimum absolute atomic E-state index is 0.0130. The Balaban J connectivity index is 1.70. The van der Waals surface area contributed by atoms with Gasteiger partial charge < -0.3 is 14.6 Å². The maximum Gasteiger partial charge on any atom is 0.213 e. The Morgan fingerprint density at radius 3 is 2.65 bits per heavy atom. The summed E-state index contributed by atoms with van der Waals surface area (Å²) in [5, 5.41) is 12.0. The van der Waals surface area contributed by atoms with Crippen LogP contribution in [0, 0.1) is 18.3 Å². The monoisotopic (exact) mass is 420 g/mol. The number of hydrogen-bond donors (Lipinski definition) is 1. The summed E-state index contributed by atoms with van der Waals surface area (Å²) in [5.74, 6) is 3.57. The molecule has 0 amide bonds. The Morgan fingerprint density at radius 1 is 1.23 bits per heavy atom. The van der Waals surface area contributed by atoms with Crippen molar-refractivity contribution < 1.29 is 14.6 Å². The zero-order chi connectivity index (χ0) is 21.8. The average molecular weight is 421 g/mol. The van der Waals surface area contributed by atoms with E-state index in [1.165, 1.54) is 0 Å². The van der Waals surface area contributed by atoms with E-state index in [1.807, 2.05) is 44.2 Å². The highest BCUT2D eigenvalue weighted by atomic mass is 16.5. The smallest absolute Gasteiger partial charge is 0.213 e. The molecule has 1 N–H and O–H groups in total. The first-order valence-electron chi connectivity index (χ1n) is 11.3. The number of hydrogen-bond acceptors (Lipinski definition) is 5. The zero-order valence-corrected chi connectivity index (χ0v) is 18.5. The van der Waals surface area contributed by atoms with Crippen LogP contribution in [0.1, 0.15) is 43.5 Å². The van der Waals surface area contributed by atoms with Gasteiger partial charge in [0.15, 0.2) is 0 Å². The summed E-state index contributed by atoms with van der Waals surface area (Å²) in [7, 11) is 0. The third kappa shape index (κ3) is 4.34. The molecule has 1 aromatic carbocycles. The van der Waals surface area contributed by atoms with Crippen LogP contribution in [0.25, 0.3) is 0 Å². The van der Waals surface area contributed by atoms with E-state index in [4.69, 9.17) is 20.9 Å². The molecule has 0 aliphatic carbocycles. The lowest BCUT2D eigenvalue weighted by Crippen LogP contribution is -2.63. The van der Waals surface area contributed by atoms with Gasteiger partial charge >= 0.3 is 0 Å². The molecule has 0 spiro atoms. The fourth-order valence-corrected chi connectivity index (χ4v) is 5.08. The summed E-state index contributed by atoms with van der Waals surface area (Å²) in [5.41, 5.74) is 1.70. The maximum absolute atomic E-state index is 12.0. The summed E-state index contributed by atoms with van der Waals surface area (Å²) in [6, 6.07) is 13.7. The molecule has 2 aromatic rings. The quantitative estimate of drug-likeness (QED) is 0.664. The van der Waals surface area contributed by atoms with Crippen molar-refractivity contribution >= 4 is 0 Å². The van der Waals surface area contributed by atoms with Gasteiger partial charge in [-0.15, -0.1) is 6.42 Å². The van der Waals surface area contributed by atoms with Crippen LogP contribution in [-0.2, 0) is 16.8 Å². The normalized spacial score (nSPS) is 28.1. The molecule has 3 fully saturated rings. The lowest BCUT2D eigenvalue weighted by atomic mass is 9.66. The van der Waals surface area contributed by atoms with Crippen molar-refractivity contribution in [3.63, 3.8) is 0 Å². The molecule has 0 saturated carbocycles. The molecule has 5 rings (SSSR count). The van der Waals surface area contributed by atoms with E-state index in [9.17, 15) is 5.11 Å². The molecule has 5 heteroatoms. The van der Waals surface area contributed by atoms with Crippen LogP contribution in [0.4, 0.5) is 0 Å². The van der Waals surface area contributed by atoms with Gasteiger partial charge in [0.25, 0.3) is 0 Å². The molecule has 5 nitrogen and oxygen atoms in total. The van der Waals surface area contributed by atoms with Crippen LogP contribution in [0.5, 0.6) is 5.88 Å². The molecule has 0 radical (unpaired) electrons. The fraction of sp³-hybridized carbons (Fsp3) is 0.500. The van der Waals surface area contributed by atoms with Crippen molar-refractivity contribution in [2.45, 2.75) is 50.9 Å². The van der Waals surface area contributed by atoms with Gasteiger partial charge in [0.1, 0.15) is 18.2 Å². The van der Waals surface area contributed by atoms with E-state index >= 15 is 0 Å². The second kappa shape index (κ2) is 9.40. The molecule has 2 bridgehead atoms. The minimum Gasteiger partial charge on any atom is -0.475 e. The number of piperidine rings is 3. The highest BCUT2D eigenvalue weighted by molar-refractivity contribution is 5.39. The molecule has 4 heterocycles. The second-order valence-electron chi connectivity index (χ2n) is 8.59. The van der Waals surface area contributed by atoms with Crippen molar-refractivity contribution in [3.05, 3.63) is 59.3 Å². The van der Waals surface area contributed by atoms with E-state index in [-0.39, 0.29) is 18.1 Å². The van der Waals surface area contributed by atoms with Crippen LogP contribution in [0.2, 0.25) is 0 Å². The van der Waals surface area contributed by atoms with Crippen molar-refractivity contribution in [1.82, 2.24) is 9.88 Å². The number of nitrogens with zero attached hydrogens (tertiary/aromatic N) is 2. The van der Waals surface area contributed by atoms with Crippen molar-refractivity contribution in [2.75, 3.05) is 26.3 Å². The van der Waals surface area contributed by atoms with Crippen molar-refractivity contribution in [1.29, 1.82) is 0 Å².